The number of nitrogens with zero attached hydrogens (tertiary/aromatic N) is 3. The highest BCUT2D eigenvalue weighted by molar-refractivity contribution is 7.87. The quantitative estimate of drug-likeness (QED) is 0.186. The number of hydrogen-bond acceptors (Lipinski definition) is 8. The van der Waals surface area contributed by atoms with E-state index in [4.69, 9.17) is 0 Å². The summed E-state index contributed by atoms with van der Waals surface area (Å²) in [4.78, 5) is 76.6. The maximum atomic E-state index is 15.3. The molecule has 0 aromatic heterocycles. The van der Waals surface area contributed by atoms with Crippen molar-refractivity contribution in [3.63, 3.8) is 0 Å². The molecule has 5 amide bonds. The van der Waals surface area contributed by atoms with Gasteiger partial charge in [0, 0.05) is 37.0 Å². The molecule has 0 aromatic carbocycles. The van der Waals surface area contributed by atoms with Gasteiger partial charge in [0.2, 0.25) is 23.6 Å². The van der Waals surface area contributed by atoms with Crippen molar-refractivity contribution < 1.29 is 32.4 Å². The molecule has 60 heavy (non-hydrogen) atoms. The van der Waals surface area contributed by atoms with Crippen LogP contribution in [0.15, 0.2) is 12.7 Å². The topological polar surface area (TPSA) is 177 Å². The Morgan fingerprint density at radius 2 is 1.47 bits per heavy atom. The van der Waals surface area contributed by atoms with Gasteiger partial charge in [0.15, 0.2) is 0 Å². The summed E-state index contributed by atoms with van der Waals surface area (Å²) in [5, 5.41) is 9.30. The lowest BCUT2D eigenvalue weighted by Crippen LogP contribution is -2.63. The Morgan fingerprint density at radius 3 is 1.98 bits per heavy atom. The summed E-state index contributed by atoms with van der Waals surface area (Å²) in [7, 11) is -2.83. The van der Waals surface area contributed by atoms with Gasteiger partial charge in [0.05, 0.1) is 6.04 Å². The van der Waals surface area contributed by atoms with Crippen molar-refractivity contribution in [3.8, 4) is 0 Å². The van der Waals surface area contributed by atoms with E-state index in [-0.39, 0.29) is 58.4 Å². The second kappa shape index (κ2) is 16.6. The zero-order chi connectivity index (χ0) is 44.4. The zero-order valence-electron chi connectivity index (χ0n) is 38.1. The van der Waals surface area contributed by atoms with Crippen LogP contribution in [0.2, 0.25) is 0 Å². The van der Waals surface area contributed by atoms with Crippen LogP contribution in [0.5, 0.6) is 0 Å². The summed E-state index contributed by atoms with van der Waals surface area (Å²) >= 11 is 0. The minimum absolute atomic E-state index is 0.0266. The average Bonchev–Trinajstić information content (AvgIpc) is 3.89. The van der Waals surface area contributed by atoms with Gasteiger partial charge in [0.1, 0.15) is 23.7 Å². The molecule has 0 radical (unpaired) electrons. The molecule has 0 unspecified atom stereocenters. The van der Waals surface area contributed by atoms with Gasteiger partial charge in [-0.15, -0.1) is 6.58 Å². The van der Waals surface area contributed by atoms with Crippen molar-refractivity contribution in [2.24, 2.45) is 33.5 Å². The van der Waals surface area contributed by atoms with Crippen molar-refractivity contribution in [2.45, 2.75) is 188 Å². The van der Waals surface area contributed by atoms with Crippen molar-refractivity contribution >= 4 is 39.7 Å². The number of piperidine rings is 1. The van der Waals surface area contributed by atoms with E-state index in [9.17, 15) is 27.6 Å². The number of fused-ring (bicyclic) bond motifs is 1. The molecular weight excluding hydrogens is 783 g/mol. The third kappa shape index (κ3) is 7.94. The van der Waals surface area contributed by atoms with E-state index in [1.54, 1.807) is 24.8 Å². The molecule has 6 aliphatic rings. The molecule has 338 valence electrons. The molecule has 4 saturated carbocycles. The first-order chi connectivity index (χ1) is 27.9. The Labute approximate surface area is 359 Å². The van der Waals surface area contributed by atoms with Crippen LogP contribution < -0.4 is 20.7 Å². The minimum atomic E-state index is -4.21. The number of carbonyl (C=O) groups excluding carboxylic acids is 5. The normalized spacial score (nSPS) is 31.1. The first kappa shape index (κ1) is 46.5. The lowest BCUT2D eigenvalue weighted by molar-refractivity contribution is -0.145. The van der Waals surface area contributed by atoms with E-state index in [1.807, 2.05) is 20.8 Å². The van der Waals surface area contributed by atoms with Crippen molar-refractivity contribution in [1.82, 2.24) is 34.8 Å². The molecule has 15 heteroatoms. The van der Waals surface area contributed by atoms with E-state index in [1.165, 1.54) is 7.05 Å². The monoisotopic (exact) mass is 858 g/mol. The first-order valence-corrected chi connectivity index (χ1v) is 24.3. The predicted molar refractivity (Wildman–Crippen MR) is 231 cm³/mol. The highest BCUT2D eigenvalue weighted by Gasteiger charge is 2.85. The number of hydrogen-bond donors (Lipinski definition) is 4. The highest BCUT2D eigenvalue weighted by atomic mass is 32.2. The highest BCUT2D eigenvalue weighted by Crippen LogP contribution is 2.88. The molecule has 4 N–H and O–H groups in total. The van der Waals surface area contributed by atoms with E-state index >= 15 is 4.79 Å². The van der Waals surface area contributed by atoms with Crippen LogP contribution in [0.3, 0.4) is 0 Å². The van der Waals surface area contributed by atoms with E-state index in [2.05, 4.69) is 59.8 Å². The minimum Gasteiger partial charge on any atom is -0.343 e. The molecule has 4 aliphatic carbocycles. The van der Waals surface area contributed by atoms with Gasteiger partial charge in [-0.3, -0.25) is 28.9 Å². The standard InChI is InChI=1S/C45H75N7O7S/c1-12-31-25-45(31,40(57)49-60(58,59)50(11)28(2)3)48-37(54)33-26-44(42(9,10)43(44)22-18-23-43)27-52(33)39(56)35(41(6,7)8)47-38(55)34(30-19-14-13-15-20-30)46-36(53)32-21-16-17-24-51(32)29(4)5/h12,28-35H,1,13-27H2,2-11H3,(H,46,53)(H,47,55)(H,48,54)(H,49,57)/t31-,32-,33+,34+,35-,44-,45-/m1/s1. The molecule has 6 fully saturated rings. The fraction of sp³-hybridized carbons (Fsp3) is 0.844. The lowest BCUT2D eigenvalue weighted by atomic mass is 9.73. The Morgan fingerprint density at radius 1 is 0.833 bits per heavy atom. The van der Waals surface area contributed by atoms with E-state index < -0.39 is 63.1 Å². The Kier molecular flexibility index (Phi) is 12.8. The third-order valence-corrected chi connectivity index (χ3v) is 18.0. The van der Waals surface area contributed by atoms with Gasteiger partial charge in [-0.25, -0.2) is 4.72 Å². The van der Waals surface area contributed by atoms with Gasteiger partial charge in [-0.1, -0.05) is 72.8 Å². The molecule has 2 heterocycles. The second-order valence-electron chi connectivity index (χ2n) is 21.4. The molecule has 2 aliphatic heterocycles. The number of rotatable bonds is 14. The van der Waals surface area contributed by atoms with Crippen molar-refractivity contribution in [3.05, 3.63) is 12.7 Å². The summed E-state index contributed by atoms with van der Waals surface area (Å²) in [6, 6.07) is -3.37. The number of likely N-dealkylation sites (tertiary alicyclic amines) is 2. The fourth-order valence-corrected chi connectivity index (χ4v) is 13.1. The van der Waals surface area contributed by atoms with Gasteiger partial charge in [-0.05, 0) is 108 Å². The number of carbonyl (C=O) groups is 5. The predicted octanol–water partition coefficient (Wildman–Crippen LogP) is 4.40. The van der Waals surface area contributed by atoms with Crippen LogP contribution in [-0.4, -0.2) is 114 Å². The third-order valence-electron chi connectivity index (χ3n) is 16.4. The first-order valence-electron chi connectivity index (χ1n) is 22.8. The Balaban J connectivity index is 1.28. The summed E-state index contributed by atoms with van der Waals surface area (Å²) in [6.45, 7) is 22.7. The lowest BCUT2D eigenvalue weighted by Gasteiger charge is -2.40. The Bertz CT molecular complexity index is 1820. The fourth-order valence-electron chi connectivity index (χ4n) is 12.0. The van der Waals surface area contributed by atoms with Crippen LogP contribution in [0.25, 0.3) is 0 Å². The maximum absolute atomic E-state index is 15.3. The van der Waals surface area contributed by atoms with E-state index in [0.717, 1.165) is 81.5 Å². The SMILES string of the molecule is C=C[C@@H]1C[C@]1(NC(=O)[C@@H]1C[C@@]2(CN1C(=O)[C@@H](NC(=O)[C@@H](NC(=O)[C@H]1CCCCN1C(C)C)C1CCCCC1)C(C)(C)C)C(C)(C)C21CCC1)C(=O)NS(=O)(=O)N(C)C(C)C. The van der Waals surface area contributed by atoms with Crippen LogP contribution in [0.1, 0.15) is 146 Å². The maximum Gasteiger partial charge on any atom is 0.303 e. The van der Waals surface area contributed by atoms with Crippen LogP contribution in [0, 0.1) is 33.5 Å². The molecule has 0 aromatic rings. The smallest absolute Gasteiger partial charge is 0.303 e. The average molecular weight is 858 g/mol. The summed E-state index contributed by atoms with van der Waals surface area (Å²) in [5.74, 6) is -2.87. The second-order valence-corrected chi connectivity index (χ2v) is 23.1. The molecule has 14 nitrogen and oxygen atoms in total. The molecule has 6 rings (SSSR count). The van der Waals surface area contributed by atoms with Gasteiger partial charge < -0.3 is 20.9 Å². The van der Waals surface area contributed by atoms with Gasteiger partial charge in [-0.2, -0.15) is 12.7 Å². The van der Waals surface area contributed by atoms with Gasteiger partial charge >= 0.3 is 10.2 Å². The van der Waals surface area contributed by atoms with E-state index in [0.29, 0.717) is 13.0 Å². The largest absolute Gasteiger partial charge is 0.343 e. The zero-order valence-corrected chi connectivity index (χ0v) is 38.9. The summed E-state index contributed by atoms with van der Waals surface area (Å²) in [5.41, 5.74) is -2.85. The molecule has 2 saturated heterocycles. The molecular formula is C45H75N7O7S. The van der Waals surface area contributed by atoms with Crippen LogP contribution in [0.4, 0.5) is 0 Å². The van der Waals surface area contributed by atoms with Crippen LogP contribution in [-0.2, 0) is 34.2 Å². The molecule has 2 spiro atoms. The van der Waals surface area contributed by atoms with Gasteiger partial charge in [0.25, 0.3) is 5.91 Å². The molecule has 7 atom stereocenters. The molecule has 0 bridgehead atoms. The van der Waals surface area contributed by atoms with Crippen molar-refractivity contribution in [1.29, 1.82) is 0 Å². The van der Waals surface area contributed by atoms with Crippen molar-refractivity contribution in [2.75, 3.05) is 20.1 Å². The number of nitrogens with one attached hydrogen (secondary N) is 4. The number of amides is 5. The summed E-state index contributed by atoms with van der Waals surface area (Å²) in [6.07, 6.45) is 12.5. The summed E-state index contributed by atoms with van der Waals surface area (Å²) < 4.78 is 29.5. The van der Waals surface area contributed by atoms with Crippen LogP contribution >= 0.6 is 0 Å². The Hall–Kier alpha value is -3.04.